The Morgan fingerprint density at radius 2 is 2.17 bits per heavy atom. The minimum Gasteiger partial charge on any atom is -0.309 e. The van der Waals surface area contributed by atoms with Gasteiger partial charge in [-0.3, -0.25) is 9.88 Å². The van der Waals surface area contributed by atoms with Crippen molar-refractivity contribution in [3.63, 3.8) is 0 Å². The van der Waals surface area contributed by atoms with E-state index < -0.39 is 0 Å². The molecule has 1 N–H and O–H groups in total. The molecule has 0 spiro atoms. The first-order valence-corrected chi connectivity index (χ1v) is 6.74. The average molecular weight is 251 g/mol. The van der Waals surface area contributed by atoms with Gasteiger partial charge in [0.2, 0.25) is 0 Å². The predicted octanol–water partition coefficient (Wildman–Crippen LogP) is 2.18. The Morgan fingerprint density at radius 1 is 1.39 bits per heavy atom. The highest BCUT2D eigenvalue weighted by molar-refractivity contribution is 5.10. The van der Waals surface area contributed by atoms with Gasteiger partial charge in [0.25, 0.3) is 0 Å². The van der Waals surface area contributed by atoms with Gasteiger partial charge in [0.1, 0.15) is 5.82 Å². The number of hydrogen-bond acceptors (Lipinski definition) is 3. The number of aromatic nitrogens is 1. The third-order valence-electron chi connectivity index (χ3n) is 3.98. The van der Waals surface area contributed by atoms with Crippen LogP contribution in [0.15, 0.2) is 18.5 Å². The maximum Gasteiger partial charge on any atom is 0.141 e. The SMILES string of the molecule is CCC1(CC)CN(Cc2cncc(F)c2)CCN1. The zero-order valence-corrected chi connectivity index (χ0v) is 11.2. The lowest BCUT2D eigenvalue weighted by Gasteiger charge is -2.43. The summed E-state index contributed by atoms with van der Waals surface area (Å²) in [5.74, 6) is -0.250. The van der Waals surface area contributed by atoms with E-state index in [9.17, 15) is 4.39 Å². The summed E-state index contributed by atoms with van der Waals surface area (Å²) in [6.45, 7) is 8.28. The fraction of sp³-hybridized carbons (Fsp3) is 0.643. The van der Waals surface area contributed by atoms with E-state index in [1.807, 2.05) is 0 Å². The summed E-state index contributed by atoms with van der Waals surface area (Å²) in [6.07, 6.45) is 5.26. The van der Waals surface area contributed by atoms with Crippen LogP contribution >= 0.6 is 0 Å². The van der Waals surface area contributed by atoms with Crippen molar-refractivity contribution in [2.45, 2.75) is 38.8 Å². The van der Waals surface area contributed by atoms with Crippen LogP contribution in [0.3, 0.4) is 0 Å². The molecule has 1 saturated heterocycles. The van der Waals surface area contributed by atoms with Crippen molar-refractivity contribution in [1.82, 2.24) is 15.2 Å². The Labute approximate surface area is 108 Å². The van der Waals surface area contributed by atoms with Crippen LogP contribution in [-0.4, -0.2) is 35.1 Å². The number of hydrogen-bond donors (Lipinski definition) is 1. The molecular formula is C14H22FN3. The first kappa shape index (κ1) is 13.4. The largest absolute Gasteiger partial charge is 0.309 e. The van der Waals surface area contributed by atoms with Gasteiger partial charge in [0, 0.05) is 37.9 Å². The van der Waals surface area contributed by atoms with Crippen molar-refractivity contribution in [2.24, 2.45) is 0 Å². The molecule has 0 aromatic carbocycles. The molecule has 1 aromatic rings. The summed E-state index contributed by atoms with van der Waals surface area (Å²) in [7, 11) is 0. The van der Waals surface area contributed by atoms with Crippen LogP contribution in [0.2, 0.25) is 0 Å². The molecule has 0 aliphatic carbocycles. The summed E-state index contributed by atoms with van der Waals surface area (Å²) in [4.78, 5) is 6.30. The quantitative estimate of drug-likeness (QED) is 0.889. The molecule has 100 valence electrons. The van der Waals surface area contributed by atoms with Gasteiger partial charge < -0.3 is 5.32 Å². The molecule has 0 radical (unpaired) electrons. The van der Waals surface area contributed by atoms with Crippen molar-refractivity contribution in [2.75, 3.05) is 19.6 Å². The monoisotopic (exact) mass is 251 g/mol. The summed E-state index contributed by atoms with van der Waals surface area (Å²) in [6, 6.07) is 1.58. The van der Waals surface area contributed by atoms with Crippen LogP contribution in [0, 0.1) is 5.82 Å². The first-order chi connectivity index (χ1) is 8.67. The van der Waals surface area contributed by atoms with Crippen LogP contribution in [0.4, 0.5) is 4.39 Å². The van der Waals surface area contributed by atoms with Crippen LogP contribution in [0.1, 0.15) is 32.3 Å². The summed E-state index contributed by atoms with van der Waals surface area (Å²) < 4.78 is 13.1. The predicted molar refractivity (Wildman–Crippen MR) is 70.8 cm³/mol. The number of nitrogens with one attached hydrogen (secondary N) is 1. The lowest BCUT2D eigenvalue weighted by Crippen LogP contribution is -2.59. The molecule has 0 atom stereocenters. The lowest BCUT2D eigenvalue weighted by molar-refractivity contribution is 0.118. The normalized spacial score (nSPS) is 19.9. The van der Waals surface area contributed by atoms with Gasteiger partial charge in [-0.1, -0.05) is 13.8 Å². The van der Waals surface area contributed by atoms with Crippen LogP contribution in [-0.2, 0) is 6.54 Å². The molecule has 2 heterocycles. The van der Waals surface area contributed by atoms with Crippen molar-refractivity contribution >= 4 is 0 Å². The fourth-order valence-corrected chi connectivity index (χ4v) is 2.70. The third-order valence-corrected chi connectivity index (χ3v) is 3.98. The second kappa shape index (κ2) is 5.76. The van der Waals surface area contributed by atoms with Gasteiger partial charge in [-0.2, -0.15) is 0 Å². The zero-order valence-electron chi connectivity index (χ0n) is 11.2. The van der Waals surface area contributed by atoms with Crippen LogP contribution < -0.4 is 5.32 Å². The van der Waals surface area contributed by atoms with Crippen molar-refractivity contribution < 1.29 is 4.39 Å². The maximum atomic E-state index is 13.1. The van der Waals surface area contributed by atoms with Gasteiger partial charge in [-0.05, 0) is 24.5 Å². The van der Waals surface area contributed by atoms with Crippen LogP contribution in [0.25, 0.3) is 0 Å². The van der Waals surface area contributed by atoms with Gasteiger partial charge >= 0.3 is 0 Å². The highest BCUT2D eigenvalue weighted by Gasteiger charge is 2.31. The molecule has 0 amide bonds. The molecule has 2 rings (SSSR count). The van der Waals surface area contributed by atoms with E-state index in [-0.39, 0.29) is 11.4 Å². The first-order valence-electron chi connectivity index (χ1n) is 6.74. The molecule has 0 saturated carbocycles. The van der Waals surface area contributed by atoms with Gasteiger partial charge in [0.05, 0.1) is 6.20 Å². The highest BCUT2D eigenvalue weighted by Crippen LogP contribution is 2.21. The molecular weight excluding hydrogens is 229 g/mol. The Balaban J connectivity index is 2.01. The van der Waals surface area contributed by atoms with E-state index >= 15 is 0 Å². The Hall–Kier alpha value is -1.00. The molecule has 0 unspecified atom stereocenters. The molecule has 3 nitrogen and oxygen atoms in total. The number of pyridine rings is 1. The second-order valence-corrected chi connectivity index (χ2v) is 5.14. The summed E-state index contributed by atoms with van der Waals surface area (Å²) >= 11 is 0. The van der Waals surface area contributed by atoms with Crippen molar-refractivity contribution in [1.29, 1.82) is 0 Å². The molecule has 0 bridgehead atoms. The standard InChI is InChI=1S/C14H22FN3/c1-3-14(4-2)11-18(6-5-17-14)10-12-7-13(15)9-16-8-12/h7-9,17H,3-6,10-11H2,1-2H3. The van der Waals surface area contributed by atoms with Crippen LogP contribution in [0.5, 0.6) is 0 Å². The van der Waals surface area contributed by atoms with E-state index in [1.165, 1.54) is 6.20 Å². The molecule has 18 heavy (non-hydrogen) atoms. The Morgan fingerprint density at radius 3 is 2.83 bits per heavy atom. The average Bonchev–Trinajstić information content (AvgIpc) is 2.39. The Kier molecular flexibility index (Phi) is 4.30. The third kappa shape index (κ3) is 3.06. The molecule has 1 fully saturated rings. The summed E-state index contributed by atoms with van der Waals surface area (Å²) in [5.41, 5.74) is 1.18. The Bertz CT molecular complexity index is 390. The molecule has 1 aromatic heterocycles. The van der Waals surface area contributed by atoms with E-state index in [0.29, 0.717) is 0 Å². The maximum absolute atomic E-state index is 13.1. The van der Waals surface area contributed by atoms with Gasteiger partial charge in [0.15, 0.2) is 0 Å². The molecule has 4 heteroatoms. The summed E-state index contributed by atoms with van der Waals surface area (Å²) in [5, 5.41) is 3.63. The zero-order chi connectivity index (χ0) is 13.0. The minimum absolute atomic E-state index is 0.221. The van der Waals surface area contributed by atoms with E-state index in [4.69, 9.17) is 0 Å². The lowest BCUT2D eigenvalue weighted by atomic mass is 9.90. The van der Waals surface area contributed by atoms with E-state index in [0.717, 1.165) is 44.6 Å². The highest BCUT2D eigenvalue weighted by atomic mass is 19.1. The van der Waals surface area contributed by atoms with Crippen molar-refractivity contribution in [3.05, 3.63) is 29.8 Å². The number of halogens is 1. The van der Waals surface area contributed by atoms with E-state index in [1.54, 1.807) is 12.3 Å². The smallest absolute Gasteiger partial charge is 0.141 e. The van der Waals surface area contributed by atoms with Gasteiger partial charge in [-0.25, -0.2) is 4.39 Å². The fourth-order valence-electron chi connectivity index (χ4n) is 2.70. The number of piperazine rings is 1. The van der Waals surface area contributed by atoms with Gasteiger partial charge in [-0.15, -0.1) is 0 Å². The number of nitrogens with zero attached hydrogens (tertiary/aromatic N) is 2. The van der Waals surface area contributed by atoms with E-state index in [2.05, 4.69) is 29.0 Å². The minimum atomic E-state index is -0.250. The van der Waals surface area contributed by atoms with Crippen molar-refractivity contribution in [3.8, 4) is 0 Å². The molecule has 1 aliphatic rings. The molecule has 1 aliphatic heterocycles. The topological polar surface area (TPSA) is 28.2 Å². The number of rotatable bonds is 4. The second-order valence-electron chi connectivity index (χ2n) is 5.14.